The first kappa shape index (κ1) is 20.0. The van der Waals surface area contributed by atoms with E-state index >= 15 is 0 Å². The fourth-order valence-corrected chi connectivity index (χ4v) is 5.38. The summed E-state index contributed by atoms with van der Waals surface area (Å²) in [6.07, 6.45) is 2.46. The lowest BCUT2D eigenvalue weighted by Gasteiger charge is -2.19. The van der Waals surface area contributed by atoms with Crippen molar-refractivity contribution in [2.24, 2.45) is 0 Å². The van der Waals surface area contributed by atoms with E-state index in [1.165, 1.54) is 6.20 Å². The monoisotopic (exact) mass is 453 g/mol. The molecule has 158 valence electrons. The minimum Gasteiger partial charge on any atom is -0.479 e. The first-order valence-corrected chi connectivity index (χ1v) is 11.9. The average molecular weight is 454 g/mol. The van der Waals surface area contributed by atoms with Gasteiger partial charge in [-0.25, -0.2) is 8.42 Å². The normalized spacial score (nSPS) is 15.2. The smallest absolute Gasteiger partial charge is 0.181 e. The second-order valence-electron chi connectivity index (χ2n) is 7.80. The van der Waals surface area contributed by atoms with Crippen molar-refractivity contribution in [3.8, 4) is 5.75 Å². The molecule has 6 nitrogen and oxygen atoms in total. The molecule has 1 fully saturated rings. The van der Waals surface area contributed by atoms with Crippen LogP contribution in [-0.2, 0) is 9.84 Å². The van der Waals surface area contributed by atoms with Gasteiger partial charge in [0.25, 0.3) is 0 Å². The molecule has 2 aromatic carbocycles. The van der Waals surface area contributed by atoms with Gasteiger partial charge in [0.15, 0.2) is 21.6 Å². The molecule has 8 heteroatoms. The van der Waals surface area contributed by atoms with Crippen LogP contribution in [0.4, 0.5) is 0 Å². The Morgan fingerprint density at radius 2 is 1.81 bits per heavy atom. The van der Waals surface area contributed by atoms with Crippen LogP contribution in [0.25, 0.3) is 11.0 Å². The SMILES string of the molecule is Cc1ccc(OC(c2ccc(S(=O)(=O)C3CC3)cc2)c2cc3c(Cl)cnnc3[nH]2)cc1. The van der Waals surface area contributed by atoms with Crippen molar-refractivity contribution in [2.75, 3.05) is 0 Å². The zero-order valence-electron chi connectivity index (χ0n) is 16.7. The number of nitrogens with one attached hydrogen (secondary N) is 1. The lowest BCUT2D eigenvalue weighted by molar-refractivity contribution is 0.243. The molecule has 1 saturated carbocycles. The third kappa shape index (κ3) is 3.91. The zero-order chi connectivity index (χ0) is 21.6. The van der Waals surface area contributed by atoms with Crippen LogP contribution < -0.4 is 4.74 Å². The number of fused-ring (bicyclic) bond motifs is 1. The zero-order valence-corrected chi connectivity index (χ0v) is 18.3. The summed E-state index contributed by atoms with van der Waals surface area (Å²) in [6.45, 7) is 2.01. The van der Waals surface area contributed by atoms with Crippen LogP contribution in [-0.4, -0.2) is 28.8 Å². The quantitative estimate of drug-likeness (QED) is 0.443. The maximum Gasteiger partial charge on any atom is 0.181 e. The summed E-state index contributed by atoms with van der Waals surface area (Å²) in [5.74, 6) is 0.695. The van der Waals surface area contributed by atoms with Crippen LogP contribution in [0, 0.1) is 6.92 Å². The summed E-state index contributed by atoms with van der Waals surface area (Å²) in [5, 5.41) is 8.99. The van der Waals surface area contributed by atoms with E-state index in [1.54, 1.807) is 24.3 Å². The van der Waals surface area contributed by atoms with Crippen LogP contribution >= 0.6 is 11.6 Å². The van der Waals surface area contributed by atoms with Crippen molar-refractivity contribution >= 4 is 32.5 Å². The van der Waals surface area contributed by atoms with Gasteiger partial charge in [0.2, 0.25) is 0 Å². The molecule has 5 rings (SSSR count). The summed E-state index contributed by atoms with van der Waals surface area (Å²) >= 11 is 6.28. The molecule has 1 atom stereocenters. The maximum absolute atomic E-state index is 12.6. The molecule has 2 heterocycles. The molecule has 0 bridgehead atoms. The summed E-state index contributed by atoms with van der Waals surface area (Å²) in [6, 6.07) is 16.6. The molecule has 1 unspecified atom stereocenters. The van der Waals surface area contributed by atoms with Crippen LogP contribution in [0.5, 0.6) is 5.75 Å². The molecule has 1 N–H and O–H groups in total. The van der Waals surface area contributed by atoms with E-state index in [1.807, 2.05) is 37.3 Å². The molecule has 2 aromatic heterocycles. The van der Waals surface area contributed by atoms with Crippen molar-refractivity contribution in [1.29, 1.82) is 0 Å². The second kappa shape index (κ2) is 7.66. The van der Waals surface area contributed by atoms with E-state index in [4.69, 9.17) is 16.3 Å². The number of rotatable bonds is 6. The van der Waals surface area contributed by atoms with E-state index in [2.05, 4.69) is 15.2 Å². The Labute approximate surface area is 185 Å². The molecule has 0 amide bonds. The van der Waals surface area contributed by atoms with Crippen molar-refractivity contribution in [3.05, 3.63) is 82.6 Å². The lowest BCUT2D eigenvalue weighted by atomic mass is 10.1. The second-order valence-corrected chi connectivity index (χ2v) is 10.4. The van der Waals surface area contributed by atoms with Gasteiger partial charge >= 0.3 is 0 Å². The molecule has 0 radical (unpaired) electrons. The van der Waals surface area contributed by atoms with Gasteiger partial charge in [-0.05, 0) is 55.7 Å². The molecule has 1 aliphatic carbocycles. The number of hydrogen-bond acceptors (Lipinski definition) is 5. The topological polar surface area (TPSA) is 84.9 Å². The van der Waals surface area contributed by atoms with Crippen molar-refractivity contribution in [2.45, 2.75) is 36.0 Å². The number of sulfone groups is 1. The van der Waals surface area contributed by atoms with Crippen molar-refractivity contribution in [3.63, 3.8) is 0 Å². The minimum atomic E-state index is -3.25. The lowest BCUT2D eigenvalue weighted by Crippen LogP contribution is -2.11. The van der Waals surface area contributed by atoms with Crippen LogP contribution in [0.1, 0.15) is 35.8 Å². The molecule has 0 saturated heterocycles. The minimum absolute atomic E-state index is 0.243. The third-order valence-electron chi connectivity index (χ3n) is 5.44. The van der Waals surface area contributed by atoms with Gasteiger partial charge in [0, 0.05) is 5.39 Å². The van der Waals surface area contributed by atoms with E-state index in [-0.39, 0.29) is 5.25 Å². The largest absolute Gasteiger partial charge is 0.479 e. The summed E-state index contributed by atoms with van der Waals surface area (Å²) in [5.41, 5.74) is 3.25. The molecule has 1 aliphatic rings. The number of aromatic amines is 1. The number of benzene rings is 2. The molecule has 4 aromatic rings. The highest BCUT2D eigenvalue weighted by atomic mass is 35.5. The van der Waals surface area contributed by atoms with E-state index in [0.717, 1.165) is 35.0 Å². The summed E-state index contributed by atoms with van der Waals surface area (Å²) < 4.78 is 31.4. The highest BCUT2D eigenvalue weighted by molar-refractivity contribution is 7.92. The van der Waals surface area contributed by atoms with Crippen molar-refractivity contribution in [1.82, 2.24) is 15.2 Å². The maximum atomic E-state index is 12.6. The number of halogens is 1. The summed E-state index contributed by atoms with van der Waals surface area (Å²) in [7, 11) is -3.25. The van der Waals surface area contributed by atoms with Crippen LogP contribution in [0.3, 0.4) is 0 Å². The third-order valence-corrected chi connectivity index (χ3v) is 8.02. The van der Waals surface area contributed by atoms with Crippen molar-refractivity contribution < 1.29 is 13.2 Å². The Morgan fingerprint density at radius 1 is 1.10 bits per heavy atom. The highest BCUT2D eigenvalue weighted by Crippen LogP contribution is 2.35. The number of aryl methyl sites for hydroxylation is 1. The standard InChI is InChI=1S/C23H20ClN3O3S/c1-14-2-6-16(7-3-14)30-22(21-12-19-20(24)13-25-27-23(19)26-21)15-4-8-17(9-5-15)31(28,29)18-10-11-18/h2-9,12-13,18,22H,10-11H2,1H3,(H,26,27). The number of ether oxygens (including phenoxy) is 1. The van der Waals surface area contributed by atoms with Crippen LogP contribution in [0.15, 0.2) is 65.7 Å². The number of H-pyrrole nitrogens is 1. The Kier molecular flexibility index (Phi) is 4.95. The first-order valence-electron chi connectivity index (χ1n) is 9.99. The molecular formula is C23H20ClN3O3S. The molecular weight excluding hydrogens is 434 g/mol. The Bertz CT molecular complexity index is 1350. The van der Waals surface area contributed by atoms with Gasteiger partial charge in [-0.1, -0.05) is 41.4 Å². The Hall–Kier alpha value is -2.90. The van der Waals surface area contributed by atoms with E-state index in [0.29, 0.717) is 21.3 Å². The summed E-state index contributed by atoms with van der Waals surface area (Å²) in [4.78, 5) is 3.58. The van der Waals surface area contributed by atoms with Gasteiger partial charge in [0.1, 0.15) is 5.75 Å². The van der Waals surface area contributed by atoms with E-state index < -0.39 is 15.9 Å². The van der Waals surface area contributed by atoms with Gasteiger partial charge in [-0.3, -0.25) is 0 Å². The first-order chi connectivity index (χ1) is 14.9. The highest BCUT2D eigenvalue weighted by Gasteiger charge is 2.36. The average Bonchev–Trinajstić information content (AvgIpc) is 3.54. The number of nitrogens with zero attached hydrogens (tertiary/aromatic N) is 2. The number of hydrogen-bond donors (Lipinski definition) is 1. The molecule has 31 heavy (non-hydrogen) atoms. The number of aromatic nitrogens is 3. The van der Waals surface area contributed by atoms with E-state index in [9.17, 15) is 8.42 Å². The van der Waals surface area contributed by atoms with Gasteiger partial charge < -0.3 is 9.72 Å². The van der Waals surface area contributed by atoms with Crippen LogP contribution in [0.2, 0.25) is 5.02 Å². The van der Waals surface area contributed by atoms with Gasteiger partial charge in [0.05, 0.1) is 27.1 Å². The predicted molar refractivity (Wildman–Crippen MR) is 119 cm³/mol. The predicted octanol–water partition coefficient (Wildman–Crippen LogP) is 5.02. The Morgan fingerprint density at radius 3 is 2.45 bits per heavy atom. The van der Waals surface area contributed by atoms with Gasteiger partial charge in [-0.15, -0.1) is 5.10 Å². The Balaban J connectivity index is 1.55. The fraction of sp³-hybridized carbons (Fsp3) is 0.217. The fourth-order valence-electron chi connectivity index (χ4n) is 3.54. The molecule has 0 spiro atoms. The van der Waals surface area contributed by atoms with Gasteiger partial charge in [-0.2, -0.15) is 5.10 Å². The molecule has 0 aliphatic heterocycles.